The van der Waals surface area contributed by atoms with Crippen LogP contribution in [0.25, 0.3) is 0 Å². The molecule has 0 aliphatic carbocycles. The van der Waals surface area contributed by atoms with Crippen LogP contribution in [0.1, 0.15) is 35.0 Å². The Labute approximate surface area is 145 Å². The Kier molecular flexibility index (Phi) is 5.77. The van der Waals surface area contributed by atoms with Crippen molar-refractivity contribution in [3.05, 3.63) is 29.7 Å². The highest BCUT2D eigenvalue weighted by atomic mass is 16.5. The minimum atomic E-state index is 0.0122. The molecule has 0 radical (unpaired) electrons. The summed E-state index contributed by atoms with van der Waals surface area (Å²) in [4.78, 5) is 18.5. The lowest BCUT2D eigenvalue weighted by Gasteiger charge is -2.31. The summed E-state index contributed by atoms with van der Waals surface area (Å²) in [5.41, 5.74) is 0.605. The van der Waals surface area contributed by atoms with Gasteiger partial charge in [0.25, 0.3) is 11.8 Å². The predicted molar refractivity (Wildman–Crippen MR) is 86.8 cm³/mol. The van der Waals surface area contributed by atoms with Crippen molar-refractivity contribution in [2.45, 2.75) is 32.0 Å². The summed E-state index contributed by atoms with van der Waals surface area (Å²) < 4.78 is 17.6. The number of rotatable bonds is 7. The number of nitrogens with zero attached hydrogens (tertiary/aromatic N) is 5. The molecule has 0 bridgehead atoms. The monoisotopic (exact) mass is 349 g/mol. The van der Waals surface area contributed by atoms with Crippen LogP contribution in [0, 0.1) is 0 Å². The van der Waals surface area contributed by atoms with Gasteiger partial charge in [0, 0.05) is 39.9 Å². The quantitative estimate of drug-likeness (QED) is 0.730. The molecule has 0 spiro atoms. The molecule has 9 nitrogen and oxygen atoms in total. The van der Waals surface area contributed by atoms with E-state index in [1.807, 2.05) is 4.90 Å². The second-order valence-corrected chi connectivity index (χ2v) is 5.99. The summed E-state index contributed by atoms with van der Waals surface area (Å²) >= 11 is 0. The van der Waals surface area contributed by atoms with Gasteiger partial charge in [-0.15, -0.1) is 0 Å². The van der Waals surface area contributed by atoms with E-state index in [-0.39, 0.29) is 12.0 Å². The molecule has 0 saturated carbocycles. The van der Waals surface area contributed by atoms with E-state index >= 15 is 0 Å². The maximum absolute atomic E-state index is 12.4. The topological polar surface area (TPSA) is 95.5 Å². The van der Waals surface area contributed by atoms with Crippen LogP contribution in [0.2, 0.25) is 0 Å². The zero-order valence-electron chi connectivity index (χ0n) is 14.6. The minimum Gasteiger partial charge on any atom is -0.384 e. The fraction of sp³-hybridized carbons (Fsp3) is 0.625. The Balaban J connectivity index is 1.43. The van der Waals surface area contributed by atoms with Crippen molar-refractivity contribution in [2.24, 2.45) is 7.05 Å². The molecule has 1 aliphatic heterocycles. The van der Waals surface area contributed by atoms with Gasteiger partial charge in [0.15, 0.2) is 5.82 Å². The highest BCUT2D eigenvalue weighted by molar-refractivity contribution is 5.92. The summed E-state index contributed by atoms with van der Waals surface area (Å²) in [5.74, 6) is 1.11. The first-order valence-corrected chi connectivity index (χ1v) is 8.36. The molecule has 1 amide bonds. The molecule has 1 aliphatic rings. The third-order valence-corrected chi connectivity index (χ3v) is 4.25. The van der Waals surface area contributed by atoms with Gasteiger partial charge in [0.05, 0.1) is 12.7 Å². The van der Waals surface area contributed by atoms with Crippen molar-refractivity contribution < 1.29 is 18.8 Å². The van der Waals surface area contributed by atoms with E-state index in [2.05, 4.69) is 15.2 Å². The van der Waals surface area contributed by atoms with Crippen LogP contribution in [-0.4, -0.2) is 63.6 Å². The van der Waals surface area contributed by atoms with Crippen molar-refractivity contribution in [1.82, 2.24) is 24.8 Å². The largest absolute Gasteiger partial charge is 0.384 e. The highest BCUT2D eigenvalue weighted by Crippen LogP contribution is 2.17. The number of aryl methyl sites for hydroxylation is 1. The Morgan fingerprint density at radius 2 is 2.20 bits per heavy atom. The van der Waals surface area contributed by atoms with Gasteiger partial charge in [-0.1, -0.05) is 5.16 Å². The molecule has 3 heterocycles. The Hall–Kier alpha value is -2.26. The molecule has 1 saturated heterocycles. The lowest BCUT2D eigenvalue weighted by atomic mass is 10.1. The molecular formula is C16H23N5O4. The summed E-state index contributed by atoms with van der Waals surface area (Å²) in [6, 6.07) is 1.74. The van der Waals surface area contributed by atoms with Crippen molar-refractivity contribution in [2.75, 3.05) is 26.8 Å². The molecule has 0 unspecified atom stereocenters. The first kappa shape index (κ1) is 17.6. The number of carbonyl (C=O) groups is 1. The molecule has 0 N–H and O–H groups in total. The van der Waals surface area contributed by atoms with Gasteiger partial charge < -0.3 is 18.9 Å². The van der Waals surface area contributed by atoms with Crippen molar-refractivity contribution in [3.8, 4) is 0 Å². The first-order chi connectivity index (χ1) is 12.2. The van der Waals surface area contributed by atoms with Gasteiger partial charge in [-0.3, -0.25) is 9.48 Å². The van der Waals surface area contributed by atoms with Gasteiger partial charge in [-0.2, -0.15) is 10.1 Å². The van der Waals surface area contributed by atoms with Gasteiger partial charge in [0.2, 0.25) is 0 Å². The smallest absolute Gasteiger partial charge is 0.272 e. The van der Waals surface area contributed by atoms with Gasteiger partial charge in [0.1, 0.15) is 12.3 Å². The summed E-state index contributed by atoms with van der Waals surface area (Å²) in [7, 11) is 3.41. The van der Waals surface area contributed by atoms with Gasteiger partial charge >= 0.3 is 0 Å². The minimum absolute atomic E-state index is 0.0122. The van der Waals surface area contributed by atoms with E-state index in [0.717, 1.165) is 12.8 Å². The van der Waals surface area contributed by atoms with Crippen LogP contribution in [-0.2, 0) is 29.5 Å². The van der Waals surface area contributed by atoms with Crippen LogP contribution in [0.5, 0.6) is 0 Å². The Bertz CT molecular complexity index is 690. The standard InChI is InChI=1S/C16H23N5O4/c1-20-13(3-7-17-20)16(22)21-8-4-12(5-9-21)24-11-15-18-14(19-25-15)6-10-23-2/h3,7,12H,4-6,8-11H2,1-2H3. The molecule has 0 aromatic carbocycles. The van der Waals surface area contributed by atoms with E-state index in [9.17, 15) is 4.79 Å². The van der Waals surface area contributed by atoms with E-state index < -0.39 is 0 Å². The molecule has 2 aromatic rings. The van der Waals surface area contributed by atoms with Crippen molar-refractivity contribution >= 4 is 5.91 Å². The lowest BCUT2D eigenvalue weighted by molar-refractivity contribution is -0.00996. The van der Waals surface area contributed by atoms with Gasteiger partial charge in [-0.05, 0) is 18.9 Å². The van der Waals surface area contributed by atoms with E-state index in [1.165, 1.54) is 0 Å². The highest BCUT2D eigenvalue weighted by Gasteiger charge is 2.25. The number of amides is 1. The number of methoxy groups -OCH3 is 1. The summed E-state index contributed by atoms with van der Waals surface area (Å²) in [6.07, 6.45) is 3.91. The summed E-state index contributed by atoms with van der Waals surface area (Å²) in [6.45, 7) is 2.18. The molecule has 25 heavy (non-hydrogen) atoms. The number of hydrogen-bond donors (Lipinski definition) is 0. The van der Waals surface area contributed by atoms with Crippen molar-refractivity contribution in [3.63, 3.8) is 0 Å². The zero-order valence-corrected chi connectivity index (χ0v) is 14.6. The van der Waals surface area contributed by atoms with Crippen LogP contribution in [0.4, 0.5) is 0 Å². The molecular weight excluding hydrogens is 326 g/mol. The normalized spacial score (nSPS) is 15.7. The average molecular weight is 349 g/mol. The van der Waals surface area contributed by atoms with Crippen LogP contribution >= 0.6 is 0 Å². The average Bonchev–Trinajstić information content (AvgIpc) is 3.27. The number of hydrogen-bond acceptors (Lipinski definition) is 7. The molecule has 0 atom stereocenters. The molecule has 3 rings (SSSR count). The molecule has 2 aromatic heterocycles. The van der Waals surface area contributed by atoms with E-state index in [4.69, 9.17) is 14.0 Å². The lowest BCUT2D eigenvalue weighted by Crippen LogP contribution is -2.41. The molecule has 9 heteroatoms. The Morgan fingerprint density at radius 1 is 1.40 bits per heavy atom. The van der Waals surface area contributed by atoms with E-state index in [1.54, 1.807) is 31.1 Å². The van der Waals surface area contributed by atoms with Crippen molar-refractivity contribution in [1.29, 1.82) is 0 Å². The molecule has 136 valence electrons. The number of ether oxygens (including phenoxy) is 2. The fourth-order valence-corrected chi connectivity index (χ4v) is 2.80. The number of aromatic nitrogens is 4. The second-order valence-electron chi connectivity index (χ2n) is 5.99. The third-order valence-electron chi connectivity index (χ3n) is 4.25. The third kappa shape index (κ3) is 4.43. The molecule has 1 fully saturated rings. The first-order valence-electron chi connectivity index (χ1n) is 8.36. The number of piperidine rings is 1. The zero-order chi connectivity index (χ0) is 17.6. The summed E-state index contributed by atoms with van der Waals surface area (Å²) in [5, 5.41) is 7.93. The maximum Gasteiger partial charge on any atom is 0.272 e. The SMILES string of the molecule is COCCc1noc(COC2CCN(C(=O)c3ccnn3C)CC2)n1. The number of carbonyl (C=O) groups excluding carboxylic acids is 1. The predicted octanol–water partition coefficient (Wildman–Crippen LogP) is 0.813. The maximum atomic E-state index is 12.4. The fourth-order valence-electron chi connectivity index (χ4n) is 2.80. The van der Waals surface area contributed by atoms with Crippen LogP contribution in [0.3, 0.4) is 0 Å². The Morgan fingerprint density at radius 3 is 2.88 bits per heavy atom. The van der Waals surface area contributed by atoms with Gasteiger partial charge in [-0.25, -0.2) is 0 Å². The number of likely N-dealkylation sites (tertiary alicyclic amines) is 1. The van der Waals surface area contributed by atoms with E-state index in [0.29, 0.717) is 50.1 Å². The van der Waals surface area contributed by atoms with Crippen LogP contribution in [0.15, 0.2) is 16.8 Å². The second kappa shape index (κ2) is 8.21. The van der Waals surface area contributed by atoms with Crippen LogP contribution < -0.4 is 0 Å².